The van der Waals surface area contributed by atoms with Crippen LogP contribution in [0.1, 0.15) is 22.3 Å². The standard InChI is InChI=1S/C22H23FN4O/c1-13-4-3-5-19(23)21(13)14-8-15-11-25-20(24)10-17(15)18(9-14)22(28)26-16-6-7-27(2)12-16/h3-5,8-11,16H,6-7,12H2,1-2H3,(H2,24,25)(H,26,28)/t16-/m1/s1. The van der Waals surface area contributed by atoms with E-state index < -0.39 is 0 Å². The lowest BCUT2D eigenvalue weighted by molar-refractivity contribution is 0.0940. The van der Waals surface area contributed by atoms with Crippen LogP contribution < -0.4 is 11.1 Å². The van der Waals surface area contributed by atoms with E-state index in [-0.39, 0.29) is 17.8 Å². The van der Waals surface area contributed by atoms with Gasteiger partial charge in [0.05, 0.1) is 0 Å². The molecule has 1 atom stereocenters. The summed E-state index contributed by atoms with van der Waals surface area (Å²) in [6.07, 6.45) is 2.54. The van der Waals surface area contributed by atoms with Crippen LogP contribution in [-0.4, -0.2) is 42.0 Å². The van der Waals surface area contributed by atoms with Crippen molar-refractivity contribution in [1.82, 2.24) is 15.2 Å². The first-order chi connectivity index (χ1) is 13.4. The van der Waals surface area contributed by atoms with Gasteiger partial charge in [0.2, 0.25) is 0 Å². The van der Waals surface area contributed by atoms with Gasteiger partial charge in [0.1, 0.15) is 11.6 Å². The van der Waals surface area contributed by atoms with Crippen molar-refractivity contribution in [2.45, 2.75) is 19.4 Å². The van der Waals surface area contributed by atoms with Crippen LogP contribution in [0.4, 0.5) is 10.2 Å². The molecule has 0 unspecified atom stereocenters. The number of carbonyl (C=O) groups excluding carboxylic acids is 1. The number of anilines is 1. The van der Waals surface area contributed by atoms with Crippen molar-refractivity contribution in [1.29, 1.82) is 0 Å². The molecule has 0 saturated carbocycles. The molecule has 5 nitrogen and oxygen atoms in total. The van der Waals surface area contributed by atoms with E-state index in [2.05, 4.69) is 15.2 Å². The molecule has 6 heteroatoms. The lowest BCUT2D eigenvalue weighted by Gasteiger charge is -2.16. The Morgan fingerprint density at radius 3 is 2.86 bits per heavy atom. The van der Waals surface area contributed by atoms with E-state index >= 15 is 0 Å². The third-order valence-corrected chi connectivity index (χ3v) is 5.34. The number of carbonyl (C=O) groups is 1. The van der Waals surface area contributed by atoms with Gasteiger partial charge in [-0.25, -0.2) is 9.37 Å². The number of nitrogens with one attached hydrogen (secondary N) is 1. The fourth-order valence-corrected chi connectivity index (χ4v) is 3.92. The van der Waals surface area contributed by atoms with Gasteiger partial charge in [-0.3, -0.25) is 4.79 Å². The van der Waals surface area contributed by atoms with Crippen LogP contribution >= 0.6 is 0 Å². The zero-order valence-electron chi connectivity index (χ0n) is 16.0. The highest BCUT2D eigenvalue weighted by atomic mass is 19.1. The molecule has 3 aromatic rings. The predicted molar refractivity (Wildman–Crippen MR) is 110 cm³/mol. The molecule has 1 aromatic heterocycles. The summed E-state index contributed by atoms with van der Waals surface area (Å²) in [6, 6.07) is 10.4. The molecule has 1 fully saturated rings. The molecule has 28 heavy (non-hydrogen) atoms. The number of hydrogen-bond acceptors (Lipinski definition) is 4. The fraction of sp³-hybridized carbons (Fsp3) is 0.273. The average molecular weight is 378 g/mol. The van der Waals surface area contributed by atoms with Crippen LogP contribution in [0, 0.1) is 12.7 Å². The van der Waals surface area contributed by atoms with Crippen molar-refractivity contribution >= 4 is 22.5 Å². The molecule has 4 rings (SSSR count). The first-order valence-electron chi connectivity index (χ1n) is 9.36. The lowest BCUT2D eigenvalue weighted by atomic mass is 9.94. The average Bonchev–Trinajstić information content (AvgIpc) is 3.05. The number of nitrogens with zero attached hydrogens (tertiary/aromatic N) is 2. The second-order valence-electron chi connectivity index (χ2n) is 7.51. The molecule has 1 amide bonds. The second-order valence-corrected chi connectivity index (χ2v) is 7.51. The van der Waals surface area contributed by atoms with E-state index in [0.717, 1.165) is 30.5 Å². The van der Waals surface area contributed by atoms with E-state index in [9.17, 15) is 9.18 Å². The minimum atomic E-state index is -0.313. The number of pyridine rings is 1. The third-order valence-electron chi connectivity index (χ3n) is 5.34. The Labute approximate surface area is 163 Å². The maximum atomic E-state index is 14.6. The van der Waals surface area contributed by atoms with Crippen molar-refractivity contribution in [2.75, 3.05) is 25.9 Å². The number of nitrogens with two attached hydrogens (primary N) is 1. The van der Waals surface area contributed by atoms with Gasteiger partial charge in [0.15, 0.2) is 0 Å². The maximum Gasteiger partial charge on any atom is 0.252 e. The number of rotatable bonds is 3. The molecule has 2 heterocycles. The normalized spacial score (nSPS) is 17.2. The van der Waals surface area contributed by atoms with E-state index in [4.69, 9.17) is 5.73 Å². The number of likely N-dealkylation sites (N-methyl/N-ethyl adjacent to an activating group) is 1. The van der Waals surface area contributed by atoms with Crippen molar-refractivity contribution < 1.29 is 9.18 Å². The van der Waals surface area contributed by atoms with Crippen LogP contribution in [-0.2, 0) is 0 Å². The number of fused-ring (bicyclic) bond motifs is 1. The number of benzene rings is 2. The number of nitrogen functional groups attached to an aromatic ring is 1. The summed E-state index contributed by atoms with van der Waals surface area (Å²) in [6.45, 7) is 3.63. The minimum Gasteiger partial charge on any atom is -0.384 e. The molecule has 1 aliphatic heterocycles. The second kappa shape index (κ2) is 7.20. The third kappa shape index (κ3) is 3.43. The summed E-state index contributed by atoms with van der Waals surface area (Å²) in [5, 5.41) is 4.58. The lowest BCUT2D eigenvalue weighted by Crippen LogP contribution is -2.36. The van der Waals surface area contributed by atoms with Crippen LogP contribution in [0.5, 0.6) is 0 Å². The van der Waals surface area contributed by atoms with Crippen LogP contribution in [0.15, 0.2) is 42.6 Å². The number of aryl methyl sites for hydroxylation is 1. The zero-order valence-corrected chi connectivity index (χ0v) is 16.0. The van der Waals surface area contributed by atoms with E-state index in [0.29, 0.717) is 27.9 Å². The van der Waals surface area contributed by atoms with Gasteiger partial charge in [-0.1, -0.05) is 12.1 Å². The summed E-state index contributed by atoms with van der Waals surface area (Å²) < 4.78 is 14.6. The molecule has 3 N–H and O–H groups in total. The van der Waals surface area contributed by atoms with Gasteiger partial charge in [-0.15, -0.1) is 0 Å². The quantitative estimate of drug-likeness (QED) is 0.733. The van der Waals surface area contributed by atoms with E-state index in [1.54, 1.807) is 24.4 Å². The SMILES string of the molecule is Cc1cccc(F)c1-c1cc(C(=O)N[C@@H]2CCN(C)C2)c2cc(N)ncc2c1. The molecule has 144 valence electrons. The van der Waals surface area contributed by atoms with Gasteiger partial charge < -0.3 is 16.0 Å². The molecular formula is C22H23FN4O. The predicted octanol–water partition coefficient (Wildman–Crippen LogP) is 3.37. The van der Waals surface area contributed by atoms with Crippen molar-refractivity contribution in [2.24, 2.45) is 0 Å². The summed E-state index contributed by atoms with van der Waals surface area (Å²) >= 11 is 0. The summed E-state index contributed by atoms with van der Waals surface area (Å²) in [4.78, 5) is 19.4. The Kier molecular flexibility index (Phi) is 4.73. The van der Waals surface area contributed by atoms with E-state index in [1.807, 2.05) is 26.1 Å². The Morgan fingerprint density at radius 1 is 1.32 bits per heavy atom. The molecule has 2 aromatic carbocycles. The van der Waals surface area contributed by atoms with Gasteiger partial charge in [0, 0.05) is 35.3 Å². The highest BCUT2D eigenvalue weighted by molar-refractivity contribution is 6.09. The van der Waals surface area contributed by atoms with Gasteiger partial charge in [0.25, 0.3) is 5.91 Å². The Hall–Kier alpha value is -2.99. The smallest absolute Gasteiger partial charge is 0.252 e. The molecule has 1 saturated heterocycles. The van der Waals surface area contributed by atoms with E-state index in [1.165, 1.54) is 6.07 Å². The molecule has 1 aliphatic rings. The Balaban J connectivity index is 1.83. The molecule has 0 aliphatic carbocycles. The van der Waals surface area contributed by atoms with Gasteiger partial charge >= 0.3 is 0 Å². The fourth-order valence-electron chi connectivity index (χ4n) is 3.92. The molecule has 0 spiro atoms. The van der Waals surface area contributed by atoms with Gasteiger partial charge in [-0.2, -0.15) is 0 Å². The molecule has 0 radical (unpaired) electrons. The van der Waals surface area contributed by atoms with Crippen molar-refractivity contribution in [3.05, 3.63) is 59.5 Å². The van der Waals surface area contributed by atoms with Crippen LogP contribution in [0.3, 0.4) is 0 Å². The summed E-state index contributed by atoms with van der Waals surface area (Å²) in [5.41, 5.74) is 8.31. The number of hydrogen-bond donors (Lipinski definition) is 2. The molecular weight excluding hydrogens is 355 g/mol. The Morgan fingerprint density at radius 2 is 2.14 bits per heavy atom. The largest absolute Gasteiger partial charge is 0.384 e. The first-order valence-corrected chi connectivity index (χ1v) is 9.36. The van der Waals surface area contributed by atoms with Crippen LogP contribution in [0.25, 0.3) is 21.9 Å². The summed E-state index contributed by atoms with van der Waals surface area (Å²) in [5.74, 6) is -0.143. The summed E-state index contributed by atoms with van der Waals surface area (Å²) in [7, 11) is 2.04. The van der Waals surface area contributed by atoms with Crippen molar-refractivity contribution in [3.8, 4) is 11.1 Å². The van der Waals surface area contributed by atoms with Crippen molar-refractivity contribution in [3.63, 3.8) is 0 Å². The highest BCUT2D eigenvalue weighted by Gasteiger charge is 2.23. The molecule has 0 bridgehead atoms. The number of halogens is 1. The first kappa shape index (κ1) is 18.4. The van der Waals surface area contributed by atoms with Gasteiger partial charge in [-0.05, 0) is 67.7 Å². The number of amides is 1. The Bertz CT molecular complexity index is 1050. The minimum absolute atomic E-state index is 0.102. The number of likely N-dealkylation sites (tertiary alicyclic amines) is 1. The topological polar surface area (TPSA) is 71.2 Å². The van der Waals surface area contributed by atoms with Crippen LogP contribution in [0.2, 0.25) is 0 Å². The monoisotopic (exact) mass is 378 g/mol. The highest BCUT2D eigenvalue weighted by Crippen LogP contribution is 2.32. The zero-order chi connectivity index (χ0) is 19.8. The number of aromatic nitrogens is 1. The maximum absolute atomic E-state index is 14.6.